The van der Waals surface area contributed by atoms with Crippen LogP contribution < -0.4 is 4.74 Å². The molecule has 0 aromatic heterocycles. The first-order valence-corrected chi connectivity index (χ1v) is 6.63. The van der Waals surface area contributed by atoms with Gasteiger partial charge >= 0.3 is 0 Å². The monoisotopic (exact) mass is 303 g/mol. The second kappa shape index (κ2) is 7.36. The number of rotatable bonds is 6. The molecule has 1 aromatic carbocycles. The normalized spacial score (nSPS) is 10.1. The molecule has 6 heteroatoms. The number of carbonyl (C=O) groups is 2. The highest BCUT2D eigenvalue weighted by atomic mass is 35.5. The Morgan fingerprint density at radius 1 is 1.32 bits per heavy atom. The molecule has 0 radical (unpaired) electrons. The van der Waals surface area contributed by atoms with Crippen LogP contribution in [-0.4, -0.2) is 36.8 Å². The van der Waals surface area contributed by atoms with Crippen molar-refractivity contribution in [1.29, 1.82) is 0 Å². The molecule has 19 heavy (non-hydrogen) atoms. The van der Waals surface area contributed by atoms with E-state index in [0.29, 0.717) is 24.4 Å². The molecule has 0 unspecified atom stereocenters. The van der Waals surface area contributed by atoms with E-state index in [9.17, 15) is 9.59 Å². The summed E-state index contributed by atoms with van der Waals surface area (Å²) in [6.07, 6.45) is 0.592. The van der Waals surface area contributed by atoms with Gasteiger partial charge < -0.3 is 9.64 Å². The fourth-order valence-corrected chi connectivity index (χ4v) is 2.19. The van der Waals surface area contributed by atoms with Crippen molar-refractivity contribution in [2.24, 2.45) is 0 Å². The van der Waals surface area contributed by atoms with E-state index in [4.69, 9.17) is 27.9 Å². The Labute approximate surface area is 122 Å². The fraction of sp³-hybridized carbons (Fsp3) is 0.385. The minimum Gasteiger partial charge on any atom is -0.481 e. The second-order valence-corrected chi connectivity index (χ2v) is 4.62. The van der Waals surface area contributed by atoms with Gasteiger partial charge in [-0.15, -0.1) is 0 Å². The van der Waals surface area contributed by atoms with Crippen molar-refractivity contribution >= 4 is 35.4 Å². The maximum Gasteiger partial charge on any atom is 0.260 e. The number of hydrogen-bond acceptors (Lipinski definition) is 3. The molecule has 0 atom stereocenters. The third-order valence-electron chi connectivity index (χ3n) is 2.62. The van der Waals surface area contributed by atoms with E-state index >= 15 is 0 Å². The second-order valence-electron chi connectivity index (χ2n) is 3.78. The molecule has 0 fully saturated rings. The molecule has 1 amide bonds. The van der Waals surface area contributed by atoms with Crippen LogP contribution in [0.2, 0.25) is 10.0 Å². The molecule has 104 valence electrons. The molecule has 0 aliphatic heterocycles. The first-order chi connectivity index (χ1) is 9.03. The van der Waals surface area contributed by atoms with Crippen LogP contribution in [0.1, 0.15) is 24.2 Å². The van der Waals surface area contributed by atoms with Gasteiger partial charge in [0.2, 0.25) is 0 Å². The van der Waals surface area contributed by atoms with E-state index in [0.717, 1.165) is 0 Å². The van der Waals surface area contributed by atoms with Crippen molar-refractivity contribution in [2.75, 3.05) is 19.7 Å². The topological polar surface area (TPSA) is 46.6 Å². The standard InChI is InChI=1S/C13H15Cl2NO3/c1-3-16(4-2)12(18)8-19-13-9(7-17)5-10(14)6-11(13)15/h5-7H,3-4,8H2,1-2H3. The Morgan fingerprint density at radius 2 is 1.95 bits per heavy atom. The molecule has 0 spiro atoms. The summed E-state index contributed by atoms with van der Waals surface area (Å²) in [5.74, 6) is 0.0226. The van der Waals surface area contributed by atoms with Gasteiger partial charge in [0, 0.05) is 18.1 Å². The lowest BCUT2D eigenvalue weighted by Gasteiger charge is -2.19. The number of amides is 1. The van der Waals surface area contributed by atoms with Gasteiger partial charge in [0.1, 0.15) is 5.75 Å². The number of nitrogens with zero attached hydrogens (tertiary/aromatic N) is 1. The average molecular weight is 304 g/mol. The van der Waals surface area contributed by atoms with Gasteiger partial charge in [0.05, 0.1) is 10.6 Å². The van der Waals surface area contributed by atoms with E-state index in [1.165, 1.54) is 12.1 Å². The number of benzene rings is 1. The van der Waals surface area contributed by atoms with Gasteiger partial charge in [0.15, 0.2) is 12.9 Å². The summed E-state index contributed by atoms with van der Waals surface area (Å²) in [7, 11) is 0. The average Bonchev–Trinajstić information content (AvgIpc) is 2.38. The number of carbonyl (C=O) groups excluding carboxylic acids is 2. The van der Waals surface area contributed by atoms with Crippen LogP contribution in [0.15, 0.2) is 12.1 Å². The maximum absolute atomic E-state index is 11.8. The maximum atomic E-state index is 11.8. The molecular weight excluding hydrogens is 289 g/mol. The van der Waals surface area contributed by atoms with Crippen LogP contribution in [0.4, 0.5) is 0 Å². The predicted octanol–water partition coefficient (Wildman–Crippen LogP) is 3.05. The lowest BCUT2D eigenvalue weighted by atomic mass is 10.2. The number of ether oxygens (including phenoxy) is 1. The van der Waals surface area contributed by atoms with Crippen molar-refractivity contribution in [3.8, 4) is 5.75 Å². The first-order valence-electron chi connectivity index (χ1n) is 5.88. The summed E-state index contributed by atoms with van der Waals surface area (Å²) in [5.41, 5.74) is 0.227. The summed E-state index contributed by atoms with van der Waals surface area (Å²) < 4.78 is 5.35. The number of likely N-dealkylation sites (N-methyl/N-ethyl adjacent to an activating group) is 1. The Bertz CT molecular complexity index is 473. The molecule has 0 bridgehead atoms. The minimum absolute atomic E-state index is 0.159. The Balaban J connectivity index is 2.83. The zero-order valence-corrected chi connectivity index (χ0v) is 12.3. The van der Waals surface area contributed by atoms with Gasteiger partial charge in [0.25, 0.3) is 5.91 Å². The third kappa shape index (κ3) is 4.11. The van der Waals surface area contributed by atoms with Crippen molar-refractivity contribution in [3.63, 3.8) is 0 Å². The quantitative estimate of drug-likeness (QED) is 0.759. The van der Waals surface area contributed by atoms with E-state index in [-0.39, 0.29) is 28.8 Å². The van der Waals surface area contributed by atoms with Crippen molar-refractivity contribution in [3.05, 3.63) is 27.7 Å². The molecule has 1 rings (SSSR count). The number of aldehydes is 1. The van der Waals surface area contributed by atoms with Crippen LogP contribution in [0.25, 0.3) is 0 Å². The largest absolute Gasteiger partial charge is 0.481 e. The molecule has 1 aromatic rings. The number of hydrogen-bond donors (Lipinski definition) is 0. The Morgan fingerprint density at radius 3 is 2.47 bits per heavy atom. The van der Waals surface area contributed by atoms with Gasteiger partial charge in [-0.3, -0.25) is 9.59 Å². The van der Waals surface area contributed by atoms with E-state index < -0.39 is 0 Å². The molecule has 0 saturated heterocycles. The van der Waals surface area contributed by atoms with Gasteiger partial charge in [-0.1, -0.05) is 23.2 Å². The molecule has 0 saturated carbocycles. The van der Waals surface area contributed by atoms with Crippen LogP contribution in [0.5, 0.6) is 5.75 Å². The van der Waals surface area contributed by atoms with Gasteiger partial charge in [-0.2, -0.15) is 0 Å². The first kappa shape index (κ1) is 15.8. The van der Waals surface area contributed by atoms with Crippen LogP contribution in [0, 0.1) is 0 Å². The smallest absolute Gasteiger partial charge is 0.260 e. The zero-order valence-electron chi connectivity index (χ0n) is 10.8. The summed E-state index contributed by atoms with van der Waals surface area (Å²) in [4.78, 5) is 24.4. The SMILES string of the molecule is CCN(CC)C(=O)COc1c(Cl)cc(Cl)cc1C=O. The third-order valence-corrected chi connectivity index (χ3v) is 3.12. The highest BCUT2D eigenvalue weighted by Gasteiger charge is 2.14. The lowest BCUT2D eigenvalue weighted by molar-refractivity contribution is -0.132. The fourth-order valence-electron chi connectivity index (χ4n) is 1.62. The van der Waals surface area contributed by atoms with Gasteiger partial charge in [-0.25, -0.2) is 0 Å². The molecule has 0 heterocycles. The molecule has 0 aliphatic rings. The molecular formula is C13H15Cl2NO3. The molecule has 0 N–H and O–H groups in total. The Kier molecular flexibility index (Phi) is 6.12. The van der Waals surface area contributed by atoms with Gasteiger partial charge in [-0.05, 0) is 26.0 Å². The van der Waals surface area contributed by atoms with Crippen molar-refractivity contribution < 1.29 is 14.3 Å². The number of halogens is 2. The highest BCUT2D eigenvalue weighted by molar-refractivity contribution is 6.36. The van der Waals surface area contributed by atoms with Crippen LogP contribution in [-0.2, 0) is 4.79 Å². The van der Waals surface area contributed by atoms with Crippen molar-refractivity contribution in [1.82, 2.24) is 4.90 Å². The van der Waals surface area contributed by atoms with Crippen LogP contribution in [0.3, 0.4) is 0 Å². The highest BCUT2D eigenvalue weighted by Crippen LogP contribution is 2.31. The molecule has 0 aliphatic carbocycles. The lowest BCUT2D eigenvalue weighted by Crippen LogP contribution is -2.34. The predicted molar refractivity (Wildman–Crippen MR) is 75.3 cm³/mol. The van der Waals surface area contributed by atoms with Crippen molar-refractivity contribution in [2.45, 2.75) is 13.8 Å². The summed E-state index contributed by atoms with van der Waals surface area (Å²) in [5, 5.41) is 0.552. The minimum atomic E-state index is -0.163. The van der Waals surface area contributed by atoms with E-state index in [2.05, 4.69) is 0 Å². The summed E-state index contributed by atoms with van der Waals surface area (Å²) in [6.45, 7) is 4.81. The Hall–Kier alpha value is -1.26. The van der Waals surface area contributed by atoms with E-state index in [1.54, 1.807) is 4.90 Å². The zero-order chi connectivity index (χ0) is 14.4. The summed E-state index contributed by atoms with van der Waals surface area (Å²) >= 11 is 11.7. The molecule has 4 nitrogen and oxygen atoms in total. The van der Waals surface area contributed by atoms with Crippen LogP contribution >= 0.6 is 23.2 Å². The van der Waals surface area contributed by atoms with E-state index in [1.807, 2.05) is 13.8 Å². The summed E-state index contributed by atoms with van der Waals surface area (Å²) in [6, 6.07) is 2.91.